The number of benzene rings is 3. The average Bonchev–Trinajstić information content (AvgIpc) is 3.44. The van der Waals surface area contributed by atoms with Crippen molar-refractivity contribution >= 4 is 32.7 Å². The molecule has 1 aromatic heterocycles. The summed E-state index contributed by atoms with van der Waals surface area (Å²) in [6.45, 7) is 1.22. The topological polar surface area (TPSA) is 55.2 Å². The van der Waals surface area contributed by atoms with Crippen LogP contribution < -0.4 is 0 Å². The van der Waals surface area contributed by atoms with Gasteiger partial charge in [0, 0.05) is 18.1 Å². The molecule has 0 bridgehead atoms. The summed E-state index contributed by atoms with van der Waals surface area (Å²) in [5.74, 6) is 0.817. The number of hydrogen-bond acceptors (Lipinski definition) is 3. The van der Waals surface area contributed by atoms with Crippen molar-refractivity contribution in [1.29, 1.82) is 0 Å². The van der Waals surface area contributed by atoms with E-state index in [2.05, 4.69) is 22.8 Å². The van der Waals surface area contributed by atoms with Gasteiger partial charge in [0.05, 0.1) is 22.0 Å². The normalized spacial score (nSPS) is 17.2. The Morgan fingerprint density at radius 2 is 1.66 bits per heavy atom. The predicted molar refractivity (Wildman–Crippen MR) is 127 cm³/mol. The SMILES string of the molecule is O=S(=O)(c1ccc(Cl)cc1)N1CCCC1c1nc2ccccc2n1CCc1ccccc1. The highest BCUT2D eigenvalue weighted by molar-refractivity contribution is 7.89. The van der Waals surface area contributed by atoms with Crippen LogP contribution in [0.25, 0.3) is 11.0 Å². The molecular formula is C25H24ClN3O2S. The Morgan fingerprint density at radius 1 is 0.938 bits per heavy atom. The van der Waals surface area contributed by atoms with Gasteiger partial charge in [-0.25, -0.2) is 13.4 Å². The maximum atomic E-state index is 13.5. The molecule has 0 aliphatic carbocycles. The number of para-hydroxylation sites is 2. The van der Waals surface area contributed by atoms with Gasteiger partial charge in [-0.05, 0) is 61.2 Å². The van der Waals surface area contributed by atoms with E-state index in [4.69, 9.17) is 16.6 Å². The molecule has 0 saturated carbocycles. The van der Waals surface area contributed by atoms with Gasteiger partial charge in [0.1, 0.15) is 5.82 Å². The fraction of sp³-hybridized carbons (Fsp3) is 0.240. The fourth-order valence-electron chi connectivity index (χ4n) is 4.50. The minimum absolute atomic E-state index is 0.265. The number of aromatic nitrogens is 2. The number of aryl methyl sites for hydroxylation is 2. The van der Waals surface area contributed by atoms with Gasteiger partial charge in [-0.1, -0.05) is 54.1 Å². The van der Waals surface area contributed by atoms with E-state index in [1.807, 2.05) is 36.4 Å². The zero-order chi connectivity index (χ0) is 22.1. The van der Waals surface area contributed by atoms with Gasteiger partial charge in [0.2, 0.25) is 10.0 Å². The minimum Gasteiger partial charge on any atom is -0.326 e. The van der Waals surface area contributed by atoms with Crippen LogP contribution in [0.4, 0.5) is 0 Å². The molecule has 0 N–H and O–H groups in total. The van der Waals surface area contributed by atoms with Gasteiger partial charge in [0.25, 0.3) is 0 Å². The lowest BCUT2D eigenvalue weighted by Crippen LogP contribution is -2.32. The Hall–Kier alpha value is -2.67. The first-order chi connectivity index (χ1) is 15.5. The van der Waals surface area contributed by atoms with E-state index in [-0.39, 0.29) is 10.9 Å². The molecular weight excluding hydrogens is 442 g/mol. The molecule has 0 radical (unpaired) electrons. The van der Waals surface area contributed by atoms with Crippen molar-refractivity contribution in [2.24, 2.45) is 0 Å². The van der Waals surface area contributed by atoms with Crippen LogP contribution in [-0.2, 0) is 23.0 Å². The molecule has 1 fully saturated rings. The van der Waals surface area contributed by atoms with E-state index in [0.29, 0.717) is 11.6 Å². The van der Waals surface area contributed by atoms with Gasteiger partial charge >= 0.3 is 0 Å². The molecule has 4 aromatic rings. The molecule has 0 spiro atoms. The van der Waals surface area contributed by atoms with Gasteiger partial charge < -0.3 is 4.57 Å². The molecule has 7 heteroatoms. The molecule has 1 aliphatic rings. The van der Waals surface area contributed by atoms with Gasteiger partial charge in [-0.15, -0.1) is 0 Å². The molecule has 2 heterocycles. The first-order valence-electron chi connectivity index (χ1n) is 10.8. The van der Waals surface area contributed by atoms with Crippen molar-refractivity contribution < 1.29 is 8.42 Å². The smallest absolute Gasteiger partial charge is 0.243 e. The number of nitrogens with zero attached hydrogens (tertiary/aromatic N) is 3. The standard InChI is InChI=1S/C25H24ClN3O2S/c26-20-12-14-21(15-13-20)32(30,31)29-17-6-11-24(29)25-27-22-9-4-5-10-23(22)28(25)18-16-19-7-2-1-3-8-19/h1-5,7-10,12-15,24H,6,11,16-18H2. The van der Waals surface area contributed by atoms with Crippen molar-refractivity contribution in [3.05, 3.63) is 95.3 Å². The van der Waals surface area contributed by atoms with Gasteiger partial charge in [0.15, 0.2) is 0 Å². The van der Waals surface area contributed by atoms with Crippen molar-refractivity contribution in [3.63, 3.8) is 0 Å². The zero-order valence-electron chi connectivity index (χ0n) is 17.6. The number of imidazole rings is 1. The molecule has 3 aromatic carbocycles. The van der Waals surface area contributed by atoms with E-state index >= 15 is 0 Å². The summed E-state index contributed by atoms with van der Waals surface area (Å²) in [6, 6.07) is 24.4. The maximum Gasteiger partial charge on any atom is 0.243 e. The van der Waals surface area contributed by atoms with Crippen molar-refractivity contribution in [2.75, 3.05) is 6.54 Å². The van der Waals surface area contributed by atoms with Gasteiger partial charge in [-0.2, -0.15) is 4.31 Å². The van der Waals surface area contributed by atoms with E-state index in [9.17, 15) is 8.42 Å². The summed E-state index contributed by atoms with van der Waals surface area (Å²) in [5, 5.41) is 0.518. The van der Waals surface area contributed by atoms with Crippen LogP contribution in [0.1, 0.15) is 30.3 Å². The fourth-order valence-corrected chi connectivity index (χ4v) is 6.28. The summed E-state index contributed by atoms with van der Waals surface area (Å²) in [5.41, 5.74) is 3.17. The van der Waals surface area contributed by atoms with E-state index in [1.54, 1.807) is 28.6 Å². The third kappa shape index (κ3) is 3.94. The first kappa shape index (κ1) is 21.2. The van der Waals surface area contributed by atoms with Crippen LogP contribution in [-0.4, -0.2) is 28.8 Å². The highest BCUT2D eigenvalue weighted by atomic mass is 35.5. The Bertz CT molecular complexity index is 1330. The second-order valence-corrected chi connectivity index (χ2v) is 10.4. The van der Waals surface area contributed by atoms with Crippen LogP contribution in [0, 0.1) is 0 Å². The summed E-state index contributed by atoms with van der Waals surface area (Å²) in [7, 11) is -3.65. The first-order valence-corrected chi connectivity index (χ1v) is 12.6. The Morgan fingerprint density at radius 3 is 2.44 bits per heavy atom. The molecule has 1 aliphatic heterocycles. The van der Waals surface area contributed by atoms with Crippen LogP contribution >= 0.6 is 11.6 Å². The Balaban J connectivity index is 1.53. The Labute approximate surface area is 193 Å². The summed E-state index contributed by atoms with van der Waals surface area (Å²) in [6.07, 6.45) is 2.41. The molecule has 0 amide bonds. The summed E-state index contributed by atoms with van der Waals surface area (Å²) < 4.78 is 30.8. The van der Waals surface area contributed by atoms with Crippen LogP contribution in [0.5, 0.6) is 0 Å². The molecule has 1 unspecified atom stereocenters. The van der Waals surface area contributed by atoms with Crippen LogP contribution in [0.2, 0.25) is 5.02 Å². The lowest BCUT2D eigenvalue weighted by Gasteiger charge is -2.24. The molecule has 1 saturated heterocycles. The second-order valence-electron chi connectivity index (χ2n) is 8.07. The highest BCUT2D eigenvalue weighted by Gasteiger charge is 2.38. The predicted octanol–water partition coefficient (Wildman–Crippen LogP) is 5.46. The summed E-state index contributed by atoms with van der Waals surface area (Å²) in [4.78, 5) is 5.18. The van der Waals surface area contributed by atoms with E-state index in [0.717, 1.165) is 42.7 Å². The van der Waals surface area contributed by atoms with Crippen LogP contribution in [0.15, 0.2) is 83.8 Å². The number of rotatable bonds is 6. The number of sulfonamides is 1. The largest absolute Gasteiger partial charge is 0.326 e. The molecule has 164 valence electrons. The number of fused-ring (bicyclic) bond motifs is 1. The lowest BCUT2D eigenvalue weighted by atomic mass is 10.1. The summed E-state index contributed by atoms with van der Waals surface area (Å²) >= 11 is 5.98. The quantitative estimate of drug-likeness (QED) is 0.380. The molecule has 32 heavy (non-hydrogen) atoms. The van der Waals surface area contributed by atoms with Crippen molar-refractivity contribution in [2.45, 2.75) is 36.7 Å². The van der Waals surface area contributed by atoms with E-state index < -0.39 is 10.0 Å². The monoisotopic (exact) mass is 465 g/mol. The third-order valence-electron chi connectivity index (χ3n) is 6.07. The third-order valence-corrected chi connectivity index (χ3v) is 8.25. The molecule has 5 rings (SSSR count). The highest BCUT2D eigenvalue weighted by Crippen LogP contribution is 2.37. The second kappa shape index (κ2) is 8.70. The maximum absolute atomic E-state index is 13.5. The molecule has 5 nitrogen and oxygen atoms in total. The van der Waals surface area contributed by atoms with Gasteiger partial charge in [-0.3, -0.25) is 0 Å². The molecule has 1 atom stereocenters. The van der Waals surface area contributed by atoms with E-state index in [1.165, 1.54) is 5.56 Å². The minimum atomic E-state index is -3.65. The van der Waals surface area contributed by atoms with Crippen molar-refractivity contribution in [3.8, 4) is 0 Å². The lowest BCUT2D eigenvalue weighted by molar-refractivity contribution is 0.374. The van der Waals surface area contributed by atoms with Crippen molar-refractivity contribution in [1.82, 2.24) is 13.9 Å². The van der Waals surface area contributed by atoms with Crippen LogP contribution in [0.3, 0.4) is 0 Å². The average molecular weight is 466 g/mol. The Kier molecular flexibility index (Phi) is 5.76. The number of halogens is 1. The number of hydrogen-bond donors (Lipinski definition) is 0. The zero-order valence-corrected chi connectivity index (χ0v) is 19.1.